The first-order valence-corrected chi connectivity index (χ1v) is 11.4. The molecule has 5 nitrogen and oxygen atoms in total. The first kappa shape index (κ1) is 24.4. The van der Waals surface area contributed by atoms with Crippen molar-refractivity contribution in [2.45, 2.75) is 19.0 Å². The van der Waals surface area contributed by atoms with E-state index in [0.29, 0.717) is 27.1 Å². The highest BCUT2D eigenvalue weighted by molar-refractivity contribution is 7.80. The monoisotopic (exact) mass is 527 g/mol. The van der Waals surface area contributed by atoms with E-state index in [9.17, 15) is 18.0 Å². The minimum atomic E-state index is -4.51. The zero-order chi connectivity index (χ0) is 24.5. The maximum absolute atomic E-state index is 13.3. The fourth-order valence-electron chi connectivity index (χ4n) is 3.63. The molecule has 1 fully saturated rings. The summed E-state index contributed by atoms with van der Waals surface area (Å²) in [5, 5.41) is 5.75. The van der Waals surface area contributed by atoms with Crippen LogP contribution in [0.3, 0.4) is 0 Å². The normalized spacial score (nSPS) is 13.7. The largest absolute Gasteiger partial charge is 0.451 e. The molecule has 1 saturated heterocycles. The molecular formula is C23H18Cl2F3N3O2S. The fraction of sp³-hybridized carbons (Fsp3) is 0.217. The summed E-state index contributed by atoms with van der Waals surface area (Å²) in [4.78, 5) is 14.6. The van der Waals surface area contributed by atoms with E-state index in [-0.39, 0.29) is 16.6 Å². The van der Waals surface area contributed by atoms with E-state index in [0.717, 1.165) is 38.1 Å². The fourth-order valence-corrected chi connectivity index (χ4v) is 4.13. The Bertz CT molecular complexity index is 1240. The SMILES string of the molecule is O=C(NC(=S)Nc1cc(C(F)(F)F)ccc1N1CCCC1)c1ccc(-c2ccc(Cl)c(Cl)c2)o1. The van der Waals surface area contributed by atoms with E-state index in [1.165, 1.54) is 12.1 Å². The van der Waals surface area contributed by atoms with Gasteiger partial charge in [-0.2, -0.15) is 13.2 Å². The van der Waals surface area contributed by atoms with Crippen molar-refractivity contribution in [2.75, 3.05) is 23.3 Å². The molecule has 4 rings (SSSR count). The minimum absolute atomic E-state index is 0.0333. The summed E-state index contributed by atoms with van der Waals surface area (Å²) in [5.41, 5.74) is 0.553. The zero-order valence-electron chi connectivity index (χ0n) is 17.5. The molecule has 11 heteroatoms. The summed E-state index contributed by atoms with van der Waals surface area (Å²) >= 11 is 17.1. The van der Waals surface area contributed by atoms with Crippen molar-refractivity contribution in [1.29, 1.82) is 0 Å². The minimum Gasteiger partial charge on any atom is -0.451 e. The van der Waals surface area contributed by atoms with Crippen LogP contribution in [0.2, 0.25) is 10.0 Å². The molecule has 2 aromatic carbocycles. The number of carbonyl (C=O) groups excluding carboxylic acids is 1. The number of furan rings is 1. The average Bonchev–Trinajstić information content (AvgIpc) is 3.47. The molecule has 3 aromatic rings. The van der Waals surface area contributed by atoms with Crippen molar-refractivity contribution in [3.63, 3.8) is 0 Å². The van der Waals surface area contributed by atoms with Crippen LogP contribution < -0.4 is 15.5 Å². The van der Waals surface area contributed by atoms with Crippen LogP contribution in [0, 0.1) is 0 Å². The van der Waals surface area contributed by atoms with Gasteiger partial charge in [0.05, 0.1) is 27.0 Å². The van der Waals surface area contributed by atoms with Crippen LogP contribution in [-0.4, -0.2) is 24.1 Å². The number of halogens is 5. The third-order valence-corrected chi connectivity index (χ3v) is 6.22. The number of nitrogens with one attached hydrogen (secondary N) is 2. The van der Waals surface area contributed by atoms with Crippen molar-refractivity contribution < 1.29 is 22.4 Å². The Hall–Kier alpha value is -2.75. The Balaban J connectivity index is 1.49. The van der Waals surface area contributed by atoms with E-state index >= 15 is 0 Å². The summed E-state index contributed by atoms with van der Waals surface area (Å²) in [6, 6.07) is 11.4. The molecule has 0 spiro atoms. The van der Waals surface area contributed by atoms with Gasteiger partial charge in [0.1, 0.15) is 5.76 Å². The Labute approximate surface area is 208 Å². The topological polar surface area (TPSA) is 57.5 Å². The molecule has 1 aliphatic rings. The number of nitrogens with zero attached hydrogens (tertiary/aromatic N) is 1. The maximum atomic E-state index is 13.3. The number of carbonyl (C=O) groups is 1. The second-order valence-corrected chi connectivity index (χ2v) is 8.85. The summed E-state index contributed by atoms with van der Waals surface area (Å²) in [6.45, 7) is 1.45. The second-order valence-electron chi connectivity index (χ2n) is 7.62. The number of hydrogen-bond donors (Lipinski definition) is 2. The second kappa shape index (κ2) is 9.85. The Morgan fingerprint density at radius 3 is 2.41 bits per heavy atom. The highest BCUT2D eigenvalue weighted by Crippen LogP contribution is 2.36. The van der Waals surface area contributed by atoms with Gasteiger partial charge < -0.3 is 14.6 Å². The number of alkyl halides is 3. The first-order chi connectivity index (χ1) is 16.1. The average molecular weight is 528 g/mol. The summed E-state index contributed by atoms with van der Waals surface area (Å²) in [6.07, 6.45) is -2.62. The highest BCUT2D eigenvalue weighted by atomic mass is 35.5. The van der Waals surface area contributed by atoms with Gasteiger partial charge >= 0.3 is 6.18 Å². The molecule has 0 bridgehead atoms. The Kier molecular flexibility index (Phi) is 7.06. The predicted molar refractivity (Wildman–Crippen MR) is 131 cm³/mol. The van der Waals surface area contributed by atoms with Gasteiger partial charge in [-0.1, -0.05) is 23.2 Å². The van der Waals surface area contributed by atoms with Crippen molar-refractivity contribution in [2.24, 2.45) is 0 Å². The molecule has 0 radical (unpaired) electrons. The van der Waals surface area contributed by atoms with Crippen molar-refractivity contribution in [3.05, 3.63) is 69.9 Å². The van der Waals surface area contributed by atoms with Crippen LogP contribution >= 0.6 is 35.4 Å². The molecule has 1 aliphatic heterocycles. The molecule has 34 heavy (non-hydrogen) atoms. The number of anilines is 2. The van der Waals surface area contributed by atoms with E-state index in [4.69, 9.17) is 39.8 Å². The molecular weight excluding hydrogens is 510 g/mol. The van der Waals surface area contributed by atoms with Gasteiger partial charge in [0, 0.05) is 18.7 Å². The van der Waals surface area contributed by atoms with Gasteiger partial charge in [-0.3, -0.25) is 10.1 Å². The molecule has 2 heterocycles. The lowest BCUT2D eigenvalue weighted by molar-refractivity contribution is -0.137. The third kappa shape index (κ3) is 5.48. The van der Waals surface area contributed by atoms with Gasteiger partial charge in [0.25, 0.3) is 5.91 Å². The van der Waals surface area contributed by atoms with Crippen LogP contribution in [0.15, 0.2) is 52.9 Å². The van der Waals surface area contributed by atoms with Gasteiger partial charge in [0.15, 0.2) is 10.9 Å². The smallest absolute Gasteiger partial charge is 0.416 e. The van der Waals surface area contributed by atoms with E-state index in [1.54, 1.807) is 24.3 Å². The molecule has 0 saturated carbocycles. The molecule has 178 valence electrons. The third-order valence-electron chi connectivity index (χ3n) is 5.28. The Morgan fingerprint density at radius 1 is 1.00 bits per heavy atom. The number of hydrogen-bond acceptors (Lipinski definition) is 4. The molecule has 0 aliphatic carbocycles. The van der Waals surface area contributed by atoms with Crippen molar-refractivity contribution >= 4 is 57.8 Å². The van der Waals surface area contributed by atoms with Crippen LogP contribution in [0.1, 0.15) is 29.0 Å². The maximum Gasteiger partial charge on any atom is 0.416 e. The summed E-state index contributed by atoms with van der Waals surface area (Å²) < 4.78 is 45.4. The lowest BCUT2D eigenvalue weighted by Gasteiger charge is -2.23. The molecule has 1 amide bonds. The number of rotatable bonds is 4. The number of thiocarbonyl (C=S) groups is 1. The van der Waals surface area contributed by atoms with E-state index in [1.807, 2.05) is 4.90 Å². The van der Waals surface area contributed by atoms with Gasteiger partial charge in [-0.15, -0.1) is 0 Å². The Morgan fingerprint density at radius 2 is 1.74 bits per heavy atom. The number of benzene rings is 2. The van der Waals surface area contributed by atoms with Crippen LogP contribution in [0.4, 0.5) is 24.5 Å². The van der Waals surface area contributed by atoms with Crippen LogP contribution in [-0.2, 0) is 6.18 Å². The van der Waals surface area contributed by atoms with E-state index in [2.05, 4.69) is 10.6 Å². The summed E-state index contributed by atoms with van der Waals surface area (Å²) in [5.74, 6) is -0.302. The molecule has 0 unspecified atom stereocenters. The van der Waals surface area contributed by atoms with E-state index < -0.39 is 17.6 Å². The van der Waals surface area contributed by atoms with Gasteiger partial charge in [0.2, 0.25) is 0 Å². The number of amides is 1. The molecule has 0 atom stereocenters. The molecule has 1 aromatic heterocycles. The van der Waals surface area contributed by atoms with Crippen molar-refractivity contribution in [3.8, 4) is 11.3 Å². The van der Waals surface area contributed by atoms with Crippen LogP contribution in [0.5, 0.6) is 0 Å². The highest BCUT2D eigenvalue weighted by Gasteiger charge is 2.32. The predicted octanol–water partition coefficient (Wildman–Crippen LogP) is 7.00. The lowest BCUT2D eigenvalue weighted by Crippen LogP contribution is -2.34. The van der Waals surface area contributed by atoms with Crippen LogP contribution in [0.25, 0.3) is 11.3 Å². The summed E-state index contributed by atoms with van der Waals surface area (Å²) in [7, 11) is 0. The standard InChI is InChI=1S/C23H18Cl2F3N3O2S/c24-15-5-3-13(11-16(15)25)19-7-8-20(33-19)21(32)30-22(34)29-17-12-14(23(26,27)28)4-6-18(17)31-9-1-2-10-31/h3-8,11-12H,1-2,9-10H2,(H2,29,30,32,34). The first-order valence-electron chi connectivity index (χ1n) is 10.3. The van der Waals surface area contributed by atoms with Gasteiger partial charge in [-0.05, 0) is 73.6 Å². The van der Waals surface area contributed by atoms with Gasteiger partial charge in [-0.25, -0.2) is 0 Å². The quantitative estimate of drug-likeness (QED) is 0.357. The molecule has 2 N–H and O–H groups in total. The lowest BCUT2D eigenvalue weighted by atomic mass is 10.1. The van der Waals surface area contributed by atoms with Crippen molar-refractivity contribution in [1.82, 2.24) is 5.32 Å². The zero-order valence-corrected chi connectivity index (χ0v) is 19.8.